The maximum atomic E-state index is 14.0. The number of hydrogen-bond acceptors (Lipinski definition) is 4. The molecule has 2 heterocycles. The molecule has 2 aliphatic rings. The molecule has 196 valence electrons. The molecule has 2 N–H and O–H groups in total. The number of aliphatic imine (C=N–C) groups is 1. The van der Waals surface area contributed by atoms with Crippen LogP contribution in [0.4, 0.5) is 5.69 Å². The second-order valence-corrected chi connectivity index (χ2v) is 11.0. The lowest BCUT2D eigenvalue weighted by molar-refractivity contribution is -0.127. The lowest BCUT2D eigenvalue weighted by atomic mass is 9.71. The maximum Gasteiger partial charge on any atom is 0.252 e. The average Bonchev–Trinajstić information content (AvgIpc) is 3.35. The van der Waals surface area contributed by atoms with Crippen molar-refractivity contribution in [3.63, 3.8) is 0 Å². The summed E-state index contributed by atoms with van der Waals surface area (Å²) in [5.41, 5.74) is 3.22. The summed E-state index contributed by atoms with van der Waals surface area (Å²) in [7, 11) is 0. The van der Waals surface area contributed by atoms with Crippen LogP contribution in [-0.4, -0.2) is 35.1 Å². The number of hydrogen-bond donors (Lipinski definition) is 2. The van der Waals surface area contributed by atoms with Crippen molar-refractivity contribution < 1.29 is 9.59 Å². The van der Waals surface area contributed by atoms with Gasteiger partial charge < -0.3 is 10.6 Å². The molecule has 6 heteroatoms. The van der Waals surface area contributed by atoms with Crippen molar-refractivity contribution in [1.82, 2.24) is 15.6 Å². The van der Waals surface area contributed by atoms with E-state index in [4.69, 9.17) is 0 Å². The Morgan fingerprint density at radius 1 is 1.00 bits per heavy atom. The van der Waals surface area contributed by atoms with E-state index in [9.17, 15) is 9.59 Å². The summed E-state index contributed by atoms with van der Waals surface area (Å²) in [6, 6.07) is 21.4. The quantitative estimate of drug-likeness (QED) is 0.404. The van der Waals surface area contributed by atoms with E-state index in [2.05, 4.69) is 26.7 Å². The van der Waals surface area contributed by atoms with E-state index in [1.165, 1.54) is 6.42 Å². The van der Waals surface area contributed by atoms with Crippen LogP contribution in [-0.2, 0) is 10.2 Å². The second kappa shape index (κ2) is 10.9. The van der Waals surface area contributed by atoms with Gasteiger partial charge in [0.05, 0.1) is 5.69 Å². The number of fused-ring (bicyclic) bond motifs is 1. The first-order chi connectivity index (χ1) is 18.4. The number of carbonyl (C=O) groups excluding carboxylic acids is 2. The number of aromatic nitrogens is 1. The number of nitrogens with one attached hydrogen (secondary N) is 2. The number of para-hydroxylation sites is 1. The zero-order valence-electron chi connectivity index (χ0n) is 22.2. The van der Waals surface area contributed by atoms with Crippen LogP contribution in [0.3, 0.4) is 0 Å². The van der Waals surface area contributed by atoms with Gasteiger partial charge in [0.15, 0.2) is 0 Å². The van der Waals surface area contributed by atoms with E-state index in [0.717, 1.165) is 48.2 Å². The monoisotopic (exact) mass is 508 g/mol. The summed E-state index contributed by atoms with van der Waals surface area (Å²) in [5, 5.41) is 6.37. The first-order valence-electron chi connectivity index (χ1n) is 13.6. The van der Waals surface area contributed by atoms with E-state index in [1.807, 2.05) is 80.9 Å². The number of amides is 2. The largest absolute Gasteiger partial charge is 0.353 e. The molecule has 1 aliphatic heterocycles. The topological polar surface area (TPSA) is 83.5 Å². The molecule has 1 aliphatic carbocycles. The fourth-order valence-electron chi connectivity index (χ4n) is 5.95. The van der Waals surface area contributed by atoms with E-state index in [0.29, 0.717) is 18.5 Å². The zero-order chi connectivity index (χ0) is 26.6. The fraction of sp³-hybridized carbons (Fsp3) is 0.375. The Hall–Kier alpha value is -3.80. The van der Waals surface area contributed by atoms with Crippen molar-refractivity contribution in [2.75, 3.05) is 6.54 Å². The van der Waals surface area contributed by atoms with Crippen molar-refractivity contribution in [2.24, 2.45) is 4.99 Å². The van der Waals surface area contributed by atoms with Crippen molar-refractivity contribution in [3.8, 4) is 0 Å². The molecule has 0 saturated heterocycles. The molecule has 2 aromatic carbocycles. The van der Waals surface area contributed by atoms with Crippen LogP contribution in [0.2, 0.25) is 0 Å². The molecule has 1 fully saturated rings. The molecule has 2 unspecified atom stereocenters. The van der Waals surface area contributed by atoms with Crippen LogP contribution >= 0.6 is 0 Å². The minimum Gasteiger partial charge on any atom is -0.353 e. The Labute approximate surface area is 225 Å². The summed E-state index contributed by atoms with van der Waals surface area (Å²) < 4.78 is 0. The number of carbonyl (C=O) groups is 2. The fourth-order valence-corrected chi connectivity index (χ4v) is 5.95. The van der Waals surface area contributed by atoms with Gasteiger partial charge in [0.25, 0.3) is 5.91 Å². The van der Waals surface area contributed by atoms with Gasteiger partial charge in [-0.2, -0.15) is 0 Å². The Bertz CT molecular complexity index is 1330. The van der Waals surface area contributed by atoms with Crippen LogP contribution in [0.1, 0.15) is 78.5 Å². The third-order valence-electron chi connectivity index (χ3n) is 8.14. The van der Waals surface area contributed by atoms with Gasteiger partial charge in [-0.3, -0.25) is 19.6 Å². The van der Waals surface area contributed by atoms with Crippen LogP contribution in [0.5, 0.6) is 0 Å². The lowest BCUT2D eigenvalue weighted by Crippen LogP contribution is -2.59. The second-order valence-electron chi connectivity index (χ2n) is 11.0. The minimum absolute atomic E-state index is 0.0702. The third kappa shape index (κ3) is 5.40. The number of benzene rings is 2. The SMILES string of the molecule is Cc1cccc(C(=O)NC(C)(CC2C=Nc3ccccc32)C(=O)NCC2(c3ccccn3)CCCCC2)c1. The Morgan fingerprint density at radius 3 is 2.55 bits per heavy atom. The van der Waals surface area contributed by atoms with Gasteiger partial charge >= 0.3 is 0 Å². The Morgan fingerprint density at radius 2 is 1.79 bits per heavy atom. The standard InChI is InChI=1S/C32H36N4O2/c1-23-11-10-12-24(19-23)29(37)36-31(2,20-25-21-34-27-14-5-4-13-26(25)27)30(38)35-22-32(16-7-3-8-17-32)28-15-6-9-18-33-28/h4-6,9-15,18-19,21,25H,3,7-8,16-17,20,22H2,1-2H3,(H,35,38)(H,36,37). The first kappa shape index (κ1) is 25.8. The molecular formula is C32H36N4O2. The highest BCUT2D eigenvalue weighted by atomic mass is 16.2. The number of aryl methyl sites for hydroxylation is 1. The molecule has 38 heavy (non-hydrogen) atoms. The molecule has 1 saturated carbocycles. The molecule has 5 rings (SSSR count). The van der Waals surface area contributed by atoms with E-state index >= 15 is 0 Å². The molecule has 0 radical (unpaired) electrons. The Balaban J connectivity index is 1.40. The van der Waals surface area contributed by atoms with Crippen molar-refractivity contribution >= 4 is 23.7 Å². The molecule has 0 bridgehead atoms. The lowest BCUT2D eigenvalue weighted by Gasteiger charge is -2.39. The summed E-state index contributed by atoms with van der Waals surface area (Å²) in [6.07, 6.45) is 9.54. The smallest absolute Gasteiger partial charge is 0.252 e. The molecule has 6 nitrogen and oxygen atoms in total. The van der Waals surface area contributed by atoms with Crippen molar-refractivity contribution in [2.45, 2.75) is 69.2 Å². The highest BCUT2D eigenvalue weighted by Gasteiger charge is 2.41. The van der Waals surface area contributed by atoms with Crippen LogP contribution < -0.4 is 10.6 Å². The first-order valence-corrected chi connectivity index (χ1v) is 13.6. The van der Waals surface area contributed by atoms with Gasteiger partial charge in [0.2, 0.25) is 5.91 Å². The van der Waals surface area contributed by atoms with Gasteiger partial charge in [0.1, 0.15) is 5.54 Å². The predicted octanol–water partition coefficient (Wildman–Crippen LogP) is 5.79. The summed E-state index contributed by atoms with van der Waals surface area (Å²) in [5.74, 6) is -0.511. The van der Waals surface area contributed by atoms with E-state index in [1.54, 1.807) is 6.07 Å². The van der Waals surface area contributed by atoms with E-state index < -0.39 is 5.54 Å². The van der Waals surface area contributed by atoms with Gasteiger partial charge in [-0.1, -0.05) is 61.2 Å². The molecule has 3 aromatic rings. The van der Waals surface area contributed by atoms with Gasteiger partial charge in [-0.25, -0.2) is 0 Å². The maximum absolute atomic E-state index is 14.0. The summed E-state index contributed by atoms with van der Waals surface area (Å²) in [4.78, 5) is 36.7. The van der Waals surface area contributed by atoms with Crippen molar-refractivity contribution in [3.05, 3.63) is 95.3 Å². The zero-order valence-corrected chi connectivity index (χ0v) is 22.2. The van der Waals surface area contributed by atoms with Crippen LogP contribution in [0.25, 0.3) is 0 Å². The number of pyridine rings is 1. The van der Waals surface area contributed by atoms with Crippen LogP contribution in [0, 0.1) is 6.92 Å². The average molecular weight is 509 g/mol. The Kier molecular flexibility index (Phi) is 7.41. The van der Waals surface area contributed by atoms with Gasteiger partial charge in [-0.15, -0.1) is 0 Å². The highest BCUT2D eigenvalue weighted by molar-refractivity contribution is 5.99. The number of rotatable bonds is 8. The highest BCUT2D eigenvalue weighted by Crippen LogP contribution is 2.39. The molecule has 1 aromatic heterocycles. The van der Waals surface area contributed by atoms with Crippen molar-refractivity contribution in [1.29, 1.82) is 0 Å². The minimum atomic E-state index is -1.14. The molecule has 0 spiro atoms. The van der Waals surface area contributed by atoms with Gasteiger partial charge in [0, 0.05) is 41.5 Å². The van der Waals surface area contributed by atoms with Gasteiger partial charge in [-0.05, 0) is 69.0 Å². The molecule has 2 amide bonds. The molecule has 2 atom stereocenters. The third-order valence-corrected chi connectivity index (χ3v) is 8.14. The summed E-state index contributed by atoms with van der Waals surface area (Å²) >= 11 is 0. The molecular weight excluding hydrogens is 472 g/mol. The predicted molar refractivity (Wildman–Crippen MR) is 151 cm³/mol. The van der Waals surface area contributed by atoms with Crippen LogP contribution in [0.15, 0.2) is 77.9 Å². The number of nitrogens with zero attached hydrogens (tertiary/aromatic N) is 2. The normalized spacial score (nSPS) is 19.3. The van der Waals surface area contributed by atoms with E-state index in [-0.39, 0.29) is 23.1 Å². The summed E-state index contributed by atoms with van der Waals surface area (Å²) in [6.45, 7) is 4.28.